The first-order chi connectivity index (χ1) is 7.56. The Morgan fingerprint density at radius 2 is 2.12 bits per heavy atom. The minimum Gasteiger partial charge on any atom is -0.492 e. The first kappa shape index (κ1) is 12.1. The maximum absolute atomic E-state index is 10.7. The van der Waals surface area contributed by atoms with Crippen molar-refractivity contribution >= 4 is 5.69 Å². The van der Waals surface area contributed by atoms with E-state index in [1.165, 1.54) is 6.07 Å². The average Bonchev–Trinajstić information content (AvgIpc) is 2.21. The summed E-state index contributed by atoms with van der Waals surface area (Å²) in [6.45, 7) is 3.93. The Balaban J connectivity index is 2.97. The third-order valence-corrected chi connectivity index (χ3v) is 2.19. The van der Waals surface area contributed by atoms with Crippen LogP contribution in [0.2, 0.25) is 0 Å². The van der Waals surface area contributed by atoms with Crippen LogP contribution in [-0.4, -0.2) is 11.5 Å². The summed E-state index contributed by atoms with van der Waals surface area (Å²) in [7, 11) is 0. The molecule has 16 heavy (non-hydrogen) atoms. The normalized spacial score (nSPS) is 9.56. The second-order valence-corrected chi connectivity index (χ2v) is 3.46. The molecule has 0 heterocycles. The minimum atomic E-state index is -0.414. The van der Waals surface area contributed by atoms with Gasteiger partial charge in [0, 0.05) is 12.0 Å². The SMILES string of the molecule is C#CCCOc1cc([N+](=O)[O-])c(C)cc1C. The highest BCUT2D eigenvalue weighted by Gasteiger charge is 2.14. The number of nitrogens with zero attached hydrogens (tertiary/aromatic N) is 1. The molecule has 0 aliphatic rings. The van der Waals surface area contributed by atoms with Crippen LogP contribution in [0.3, 0.4) is 0 Å². The highest BCUT2D eigenvalue weighted by Crippen LogP contribution is 2.27. The second kappa shape index (κ2) is 5.17. The molecule has 0 unspecified atom stereocenters. The lowest BCUT2D eigenvalue weighted by Gasteiger charge is -2.08. The van der Waals surface area contributed by atoms with Gasteiger partial charge in [0.25, 0.3) is 5.69 Å². The second-order valence-electron chi connectivity index (χ2n) is 3.46. The third-order valence-electron chi connectivity index (χ3n) is 2.19. The van der Waals surface area contributed by atoms with Gasteiger partial charge >= 0.3 is 0 Å². The van der Waals surface area contributed by atoms with E-state index >= 15 is 0 Å². The molecule has 0 aromatic heterocycles. The predicted molar refractivity (Wildman–Crippen MR) is 61.5 cm³/mol. The van der Waals surface area contributed by atoms with Gasteiger partial charge in [-0.1, -0.05) is 0 Å². The van der Waals surface area contributed by atoms with Crippen molar-refractivity contribution in [3.8, 4) is 18.1 Å². The molecule has 0 aliphatic heterocycles. The number of aryl methyl sites for hydroxylation is 2. The summed E-state index contributed by atoms with van der Waals surface area (Å²) >= 11 is 0. The van der Waals surface area contributed by atoms with Gasteiger partial charge in [-0.25, -0.2) is 0 Å². The quantitative estimate of drug-likeness (QED) is 0.338. The average molecular weight is 219 g/mol. The van der Waals surface area contributed by atoms with Crippen LogP contribution in [0.4, 0.5) is 5.69 Å². The summed E-state index contributed by atoms with van der Waals surface area (Å²) < 4.78 is 5.38. The Morgan fingerprint density at radius 1 is 1.44 bits per heavy atom. The molecule has 0 aliphatic carbocycles. The molecule has 0 fully saturated rings. The monoisotopic (exact) mass is 219 g/mol. The molecule has 0 spiro atoms. The van der Waals surface area contributed by atoms with Crippen molar-refractivity contribution in [2.75, 3.05) is 6.61 Å². The van der Waals surface area contributed by atoms with Crippen molar-refractivity contribution in [2.45, 2.75) is 20.3 Å². The highest BCUT2D eigenvalue weighted by atomic mass is 16.6. The van der Waals surface area contributed by atoms with Gasteiger partial charge in [0.05, 0.1) is 17.6 Å². The van der Waals surface area contributed by atoms with E-state index < -0.39 is 4.92 Å². The number of rotatable bonds is 4. The predicted octanol–water partition coefficient (Wildman–Crippen LogP) is 2.61. The first-order valence-electron chi connectivity index (χ1n) is 4.88. The molecule has 1 aromatic rings. The van der Waals surface area contributed by atoms with Crippen LogP contribution in [0.25, 0.3) is 0 Å². The smallest absolute Gasteiger partial charge is 0.276 e. The molecule has 4 heteroatoms. The number of ether oxygens (including phenoxy) is 1. The number of hydrogen-bond acceptors (Lipinski definition) is 3. The lowest BCUT2D eigenvalue weighted by atomic mass is 10.1. The van der Waals surface area contributed by atoms with Gasteiger partial charge in [-0.3, -0.25) is 10.1 Å². The van der Waals surface area contributed by atoms with Crippen LogP contribution in [0.15, 0.2) is 12.1 Å². The van der Waals surface area contributed by atoms with E-state index in [0.717, 1.165) is 5.56 Å². The van der Waals surface area contributed by atoms with Crippen molar-refractivity contribution in [2.24, 2.45) is 0 Å². The molecule has 0 radical (unpaired) electrons. The fraction of sp³-hybridized carbons (Fsp3) is 0.333. The Bertz CT molecular complexity index is 446. The lowest BCUT2D eigenvalue weighted by Crippen LogP contribution is -2.00. The van der Waals surface area contributed by atoms with Crippen molar-refractivity contribution in [3.05, 3.63) is 33.4 Å². The number of nitro benzene ring substituents is 1. The van der Waals surface area contributed by atoms with Gasteiger partial charge < -0.3 is 4.74 Å². The van der Waals surface area contributed by atoms with Crippen LogP contribution in [0.5, 0.6) is 5.75 Å². The van der Waals surface area contributed by atoms with Crippen molar-refractivity contribution < 1.29 is 9.66 Å². The fourth-order valence-electron chi connectivity index (χ4n) is 1.39. The van der Waals surface area contributed by atoms with Gasteiger partial charge in [-0.05, 0) is 25.5 Å². The van der Waals surface area contributed by atoms with Crippen molar-refractivity contribution in [1.82, 2.24) is 0 Å². The zero-order valence-electron chi connectivity index (χ0n) is 9.32. The first-order valence-corrected chi connectivity index (χ1v) is 4.88. The Kier molecular flexibility index (Phi) is 3.90. The molecular formula is C12H13NO3. The van der Waals surface area contributed by atoms with Gasteiger partial charge in [-0.2, -0.15) is 0 Å². The van der Waals surface area contributed by atoms with Crippen molar-refractivity contribution in [1.29, 1.82) is 0 Å². The van der Waals surface area contributed by atoms with Crippen LogP contribution in [0.1, 0.15) is 17.5 Å². The van der Waals surface area contributed by atoms with E-state index in [1.807, 2.05) is 6.92 Å². The summed E-state index contributed by atoms with van der Waals surface area (Å²) in [5.74, 6) is 2.97. The molecule has 0 saturated carbocycles. The maximum atomic E-state index is 10.7. The molecule has 84 valence electrons. The molecule has 1 aromatic carbocycles. The van der Waals surface area contributed by atoms with Crippen LogP contribution >= 0.6 is 0 Å². The maximum Gasteiger partial charge on any atom is 0.276 e. The number of terminal acetylenes is 1. The van der Waals surface area contributed by atoms with Crippen LogP contribution < -0.4 is 4.74 Å². The summed E-state index contributed by atoms with van der Waals surface area (Å²) in [6, 6.07) is 3.19. The van der Waals surface area contributed by atoms with E-state index in [1.54, 1.807) is 13.0 Å². The van der Waals surface area contributed by atoms with E-state index in [2.05, 4.69) is 5.92 Å². The molecule has 0 saturated heterocycles. The largest absolute Gasteiger partial charge is 0.492 e. The zero-order valence-corrected chi connectivity index (χ0v) is 9.32. The number of benzene rings is 1. The van der Waals surface area contributed by atoms with Gasteiger partial charge in [0.1, 0.15) is 5.75 Å². The zero-order chi connectivity index (χ0) is 12.1. The molecule has 0 N–H and O–H groups in total. The Labute approximate surface area is 94.4 Å². The van der Waals surface area contributed by atoms with Crippen LogP contribution in [-0.2, 0) is 0 Å². The molecular weight excluding hydrogens is 206 g/mol. The minimum absolute atomic E-state index is 0.0707. The summed E-state index contributed by atoms with van der Waals surface area (Å²) in [5, 5.41) is 10.7. The topological polar surface area (TPSA) is 52.4 Å². The van der Waals surface area contributed by atoms with Crippen LogP contribution in [0, 0.1) is 36.3 Å². The number of nitro groups is 1. The van der Waals surface area contributed by atoms with E-state index in [-0.39, 0.29) is 5.69 Å². The Hall–Kier alpha value is -2.02. The fourth-order valence-corrected chi connectivity index (χ4v) is 1.39. The lowest BCUT2D eigenvalue weighted by molar-refractivity contribution is -0.385. The van der Waals surface area contributed by atoms with Gasteiger partial charge in [0.2, 0.25) is 0 Å². The van der Waals surface area contributed by atoms with E-state index in [4.69, 9.17) is 11.2 Å². The molecule has 0 amide bonds. The number of hydrogen-bond donors (Lipinski definition) is 0. The standard InChI is InChI=1S/C12H13NO3/c1-4-5-6-16-12-8-11(13(14)15)9(2)7-10(12)3/h1,7-8H,5-6H2,2-3H3. The summed E-state index contributed by atoms with van der Waals surface area (Å²) in [5.41, 5.74) is 1.58. The van der Waals surface area contributed by atoms with Crippen molar-refractivity contribution in [3.63, 3.8) is 0 Å². The summed E-state index contributed by atoms with van der Waals surface area (Å²) in [4.78, 5) is 10.3. The Morgan fingerprint density at radius 3 is 2.69 bits per heavy atom. The highest BCUT2D eigenvalue weighted by molar-refractivity contribution is 5.49. The molecule has 0 atom stereocenters. The molecule has 4 nitrogen and oxygen atoms in total. The van der Waals surface area contributed by atoms with E-state index in [9.17, 15) is 10.1 Å². The summed E-state index contributed by atoms with van der Waals surface area (Å²) in [6.07, 6.45) is 5.58. The van der Waals surface area contributed by atoms with Gasteiger partial charge in [0.15, 0.2) is 0 Å². The third kappa shape index (κ3) is 2.74. The molecule has 0 bridgehead atoms. The molecule has 1 rings (SSSR count). The van der Waals surface area contributed by atoms with Gasteiger partial charge in [-0.15, -0.1) is 12.3 Å². The van der Waals surface area contributed by atoms with E-state index in [0.29, 0.717) is 24.3 Å².